The molecule has 1 aromatic carbocycles. The Labute approximate surface area is 195 Å². The smallest absolute Gasteiger partial charge is 0.256 e. The maximum atomic E-state index is 12.7. The molecule has 0 saturated carbocycles. The fourth-order valence-electron chi connectivity index (χ4n) is 4.36. The molecule has 0 bridgehead atoms. The van der Waals surface area contributed by atoms with Gasteiger partial charge in [-0.25, -0.2) is 15.0 Å². The fraction of sp³-hybridized carbons (Fsp3) is 0.478. The van der Waals surface area contributed by atoms with Crippen LogP contribution in [0.1, 0.15) is 37.6 Å². The highest BCUT2D eigenvalue weighted by atomic mass is 28.3. The van der Waals surface area contributed by atoms with Gasteiger partial charge in [0.15, 0.2) is 17.0 Å². The first-order valence-electron chi connectivity index (χ1n) is 11.3. The van der Waals surface area contributed by atoms with Crippen molar-refractivity contribution in [3.05, 3.63) is 48.5 Å². The van der Waals surface area contributed by atoms with Gasteiger partial charge in [0, 0.05) is 18.5 Å². The van der Waals surface area contributed by atoms with Gasteiger partial charge in [0.25, 0.3) is 5.91 Å². The molecule has 0 radical (unpaired) electrons. The number of aromatic nitrogens is 4. The summed E-state index contributed by atoms with van der Waals surface area (Å²) in [5.74, 6) is 0.112. The molecule has 1 saturated heterocycles. The molecule has 1 aliphatic rings. The van der Waals surface area contributed by atoms with Crippen LogP contribution >= 0.6 is 0 Å². The van der Waals surface area contributed by atoms with Crippen LogP contribution in [0.3, 0.4) is 0 Å². The summed E-state index contributed by atoms with van der Waals surface area (Å²) in [5, 5.41) is 2.26. The number of nitrogens with zero attached hydrogens (tertiary/aromatic N) is 4. The van der Waals surface area contributed by atoms with Gasteiger partial charge >= 0.3 is 0 Å². The number of carbonyl (C=O) groups is 1. The Balaban J connectivity index is 1.71. The van der Waals surface area contributed by atoms with Crippen LogP contribution in [0.4, 0.5) is 5.82 Å². The van der Waals surface area contributed by atoms with Crippen molar-refractivity contribution >= 4 is 31.7 Å². The van der Waals surface area contributed by atoms with Gasteiger partial charge in [0.2, 0.25) is 0 Å². The van der Waals surface area contributed by atoms with Gasteiger partial charge < -0.3 is 20.5 Å². The number of nitrogens with one attached hydrogen (secondary N) is 1. The molecule has 0 spiro atoms. The van der Waals surface area contributed by atoms with Crippen LogP contribution in [0.25, 0.3) is 11.2 Å². The molecule has 3 heterocycles. The number of rotatable bonds is 6. The average Bonchev–Trinajstić information content (AvgIpc) is 3.36. The number of imidazole rings is 1. The van der Waals surface area contributed by atoms with Crippen molar-refractivity contribution < 1.29 is 14.3 Å². The van der Waals surface area contributed by atoms with Crippen molar-refractivity contribution in [2.24, 2.45) is 5.73 Å². The minimum absolute atomic E-state index is 0.138. The lowest BCUT2D eigenvalue weighted by Gasteiger charge is -2.34. The van der Waals surface area contributed by atoms with Crippen LogP contribution in [-0.2, 0) is 14.8 Å². The van der Waals surface area contributed by atoms with Crippen LogP contribution < -0.4 is 11.1 Å². The van der Waals surface area contributed by atoms with E-state index < -0.39 is 14.1 Å². The quantitative estimate of drug-likeness (QED) is 0.534. The van der Waals surface area contributed by atoms with Crippen molar-refractivity contribution in [1.82, 2.24) is 19.5 Å². The van der Waals surface area contributed by atoms with Gasteiger partial charge in [-0.2, -0.15) is 0 Å². The molecule has 0 aliphatic carbocycles. The zero-order valence-electron chi connectivity index (χ0n) is 19.8. The highest BCUT2D eigenvalue weighted by Gasteiger charge is 2.51. The maximum absolute atomic E-state index is 12.7. The Morgan fingerprint density at radius 2 is 2.00 bits per heavy atom. The highest BCUT2D eigenvalue weighted by Crippen LogP contribution is 2.41. The van der Waals surface area contributed by atoms with Gasteiger partial charge in [0.1, 0.15) is 11.7 Å². The van der Waals surface area contributed by atoms with E-state index in [1.807, 2.05) is 43.5 Å². The Morgan fingerprint density at radius 3 is 2.64 bits per heavy atom. The molecule has 3 atom stereocenters. The van der Waals surface area contributed by atoms with Gasteiger partial charge in [0.05, 0.1) is 32.9 Å². The predicted octanol–water partition coefficient (Wildman–Crippen LogP) is 2.69. The second-order valence-corrected chi connectivity index (χ2v) is 12.9. The van der Waals surface area contributed by atoms with Crippen LogP contribution in [-0.4, -0.2) is 58.6 Å². The monoisotopic (exact) mass is 468 g/mol. The summed E-state index contributed by atoms with van der Waals surface area (Å²) >= 11 is 0. The molecule has 0 unspecified atom stereocenters. The van der Waals surface area contributed by atoms with Gasteiger partial charge in [-0.1, -0.05) is 31.3 Å². The molecule has 1 amide bonds. The number of carbonyl (C=O) groups excluding carboxylic acids is 1. The lowest BCUT2D eigenvalue weighted by Crippen LogP contribution is -2.45. The number of fused-ring (bicyclic) bond motifs is 1. The zero-order valence-corrected chi connectivity index (χ0v) is 20.9. The largest absolute Gasteiger partial charge is 0.370 e. The summed E-state index contributed by atoms with van der Waals surface area (Å²) in [6, 6.07) is 9.00. The Kier molecular flexibility index (Phi) is 6.36. The molecule has 1 aliphatic heterocycles. The number of amides is 1. The van der Waals surface area contributed by atoms with Gasteiger partial charge in [-0.3, -0.25) is 9.36 Å². The molecule has 9 nitrogen and oxygen atoms in total. The fourth-order valence-corrected chi connectivity index (χ4v) is 6.25. The Bertz CT molecular complexity index is 1130. The summed E-state index contributed by atoms with van der Waals surface area (Å²) in [6.45, 7) is 10.9. The second kappa shape index (κ2) is 8.94. The van der Waals surface area contributed by atoms with E-state index >= 15 is 0 Å². The van der Waals surface area contributed by atoms with E-state index in [0.717, 1.165) is 0 Å². The number of nitrogens with two attached hydrogens (primary N) is 1. The molecule has 3 N–H and O–H groups in total. The van der Waals surface area contributed by atoms with Gasteiger partial charge in [-0.05, 0) is 32.9 Å². The first-order chi connectivity index (χ1) is 15.6. The normalized spacial score (nSPS) is 23.4. The number of anilines is 1. The summed E-state index contributed by atoms with van der Waals surface area (Å²) in [7, 11) is -1.49. The van der Waals surface area contributed by atoms with Crippen molar-refractivity contribution in [3.63, 3.8) is 0 Å². The van der Waals surface area contributed by atoms with Crippen molar-refractivity contribution in [2.45, 2.75) is 63.4 Å². The Morgan fingerprint density at radius 1 is 1.27 bits per heavy atom. The van der Waals surface area contributed by atoms with Crippen molar-refractivity contribution in [1.29, 1.82) is 0 Å². The third-order valence-corrected chi connectivity index (χ3v) is 8.37. The van der Waals surface area contributed by atoms with E-state index in [4.69, 9.17) is 15.2 Å². The maximum Gasteiger partial charge on any atom is 0.256 e. The summed E-state index contributed by atoms with van der Waals surface area (Å²) in [4.78, 5) is 26.1. The van der Waals surface area contributed by atoms with E-state index in [1.54, 1.807) is 18.5 Å². The van der Waals surface area contributed by atoms with E-state index in [1.165, 1.54) is 6.33 Å². The third-order valence-electron chi connectivity index (χ3n) is 5.91. The standard InChI is InChI=1S/C23H32N6O3Si/c1-22(2,3)31-16-11-23(33(4)5,32-17(16)12-24)29-14-27-18-19(25-13-26-20(18)29)28-21(30)15-9-7-6-8-10-15/h6-10,13-14,16-17,33H,11-12,24H2,1-5H3,(H,25,26,28,30)/t16-,17+,23-/m0/s1. The molecule has 4 rings (SSSR count). The SMILES string of the molecule is C[SiH](C)[C@]1(n2cnc3c(NC(=O)c4ccccc4)ncnc32)C[C@H](OC(C)(C)C)[C@@H](CN)O1. The summed E-state index contributed by atoms with van der Waals surface area (Å²) in [5.41, 5.74) is 7.44. The number of hydrogen-bond donors (Lipinski definition) is 2. The number of benzene rings is 1. The molecule has 176 valence electrons. The second-order valence-electron chi connectivity index (χ2n) is 9.69. The van der Waals surface area contributed by atoms with Crippen LogP contribution in [0.15, 0.2) is 43.0 Å². The first-order valence-corrected chi connectivity index (χ1v) is 14.1. The van der Waals surface area contributed by atoms with Gasteiger partial charge in [-0.15, -0.1) is 0 Å². The van der Waals surface area contributed by atoms with E-state index in [-0.39, 0.29) is 23.7 Å². The molecule has 1 fully saturated rings. The molecule has 2 aromatic heterocycles. The van der Waals surface area contributed by atoms with Crippen molar-refractivity contribution in [3.8, 4) is 0 Å². The summed E-state index contributed by atoms with van der Waals surface area (Å²) in [6.07, 6.45) is 3.47. The lowest BCUT2D eigenvalue weighted by molar-refractivity contribution is -0.0950. The Hall–Kier alpha value is -2.66. The topological polar surface area (TPSA) is 117 Å². The van der Waals surface area contributed by atoms with E-state index in [0.29, 0.717) is 35.5 Å². The molecule has 33 heavy (non-hydrogen) atoms. The molecule has 10 heteroatoms. The van der Waals surface area contributed by atoms with Crippen molar-refractivity contribution in [2.75, 3.05) is 11.9 Å². The van der Waals surface area contributed by atoms with E-state index in [9.17, 15) is 4.79 Å². The molecular weight excluding hydrogens is 436 g/mol. The van der Waals surface area contributed by atoms with E-state index in [2.05, 4.69) is 33.4 Å². The molecular formula is C23H32N6O3Si. The number of hydrogen-bond acceptors (Lipinski definition) is 7. The third kappa shape index (κ3) is 4.56. The van der Waals surface area contributed by atoms with Crippen LogP contribution in [0, 0.1) is 0 Å². The lowest BCUT2D eigenvalue weighted by atomic mass is 10.1. The molecule has 3 aromatic rings. The zero-order chi connectivity index (χ0) is 23.8. The van der Waals surface area contributed by atoms with Crippen LogP contribution in [0.2, 0.25) is 13.1 Å². The summed E-state index contributed by atoms with van der Waals surface area (Å²) < 4.78 is 15.0. The average molecular weight is 469 g/mol. The number of ether oxygens (including phenoxy) is 2. The predicted molar refractivity (Wildman–Crippen MR) is 130 cm³/mol. The van der Waals surface area contributed by atoms with Crippen LogP contribution in [0.5, 0.6) is 0 Å². The minimum Gasteiger partial charge on any atom is -0.370 e. The highest BCUT2D eigenvalue weighted by molar-refractivity contribution is 6.58. The minimum atomic E-state index is -1.49. The first kappa shape index (κ1) is 23.5.